The van der Waals surface area contributed by atoms with E-state index in [0.29, 0.717) is 0 Å². The number of pyridine rings is 1. The van der Waals surface area contributed by atoms with Crippen molar-refractivity contribution >= 4 is 15.8 Å². The van der Waals surface area contributed by atoms with Gasteiger partial charge in [0, 0.05) is 12.7 Å². The second-order valence-corrected chi connectivity index (χ2v) is 4.33. The van der Waals surface area contributed by atoms with Gasteiger partial charge in [0.2, 0.25) is 10.0 Å². The maximum Gasteiger partial charge on any atom is 0.242 e. The molecule has 0 aromatic carbocycles. The van der Waals surface area contributed by atoms with Crippen molar-refractivity contribution in [1.82, 2.24) is 9.71 Å². The maximum absolute atomic E-state index is 11.5. The van der Waals surface area contributed by atoms with Gasteiger partial charge in [-0.2, -0.15) is 0 Å². The van der Waals surface area contributed by atoms with Gasteiger partial charge in [0.15, 0.2) is 0 Å². The van der Waals surface area contributed by atoms with Gasteiger partial charge in [-0.05, 0) is 12.1 Å². The van der Waals surface area contributed by atoms with Gasteiger partial charge in [0.25, 0.3) is 0 Å². The molecule has 76 valence electrons. The summed E-state index contributed by atoms with van der Waals surface area (Å²) < 4.78 is 25.2. The van der Waals surface area contributed by atoms with Gasteiger partial charge in [-0.25, -0.2) is 18.1 Å². The first-order valence-corrected chi connectivity index (χ1v) is 5.36. The van der Waals surface area contributed by atoms with Crippen molar-refractivity contribution in [1.29, 1.82) is 0 Å². The van der Waals surface area contributed by atoms with Crippen LogP contribution >= 0.6 is 0 Å². The number of hydrogen-bond acceptors (Lipinski definition) is 4. The molecule has 0 saturated heterocycles. The summed E-state index contributed by atoms with van der Waals surface area (Å²) >= 11 is 0. The normalized spacial score (nSPS) is 11.1. The SMILES string of the molecule is C=CCNS(=O)(=O)c1ccc(N)nc1. The average molecular weight is 213 g/mol. The zero-order valence-corrected chi connectivity index (χ0v) is 8.29. The Hall–Kier alpha value is -1.40. The number of nitrogens with two attached hydrogens (primary N) is 1. The van der Waals surface area contributed by atoms with Crippen molar-refractivity contribution in [2.75, 3.05) is 12.3 Å². The smallest absolute Gasteiger partial charge is 0.242 e. The van der Waals surface area contributed by atoms with Crippen molar-refractivity contribution in [2.24, 2.45) is 0 Å². The van der Waals surface area contributed by atoms with Gasteiger partial charge < -0.3 is 5.73 Å². The van der Waals surface area contributed by atoms with E-state index in [9.17, 15) is 8.42 Å². The van der Waals surface area contributed by atoms with Gasteiger partial charge in [-0.3, -0.25) is 0 Å². The summed E-state index contributed by atoms with van der Waals surface area (Å²) in [6.45, 7) is 3.60. The molecule has 1 rings (SSSR count). The molecule has 14 heavy (non-hydrogen) atoms. The maximum atomic E-state index is 11.5. The molecule has 0 saturated carbocycles. The molecule has 0 atom stereocenters. The molecule has 0 spiro atoms. The van der Waals surface area contributed by atoms with E-state index in [1.807, 2.05) is 0 Å². The predicted molar refractivity (Wildman–Crippen MR) is 54.0 cm³/mol. The van der Waals surface area contributed by atoms with Gasteiger partial charge in [0.1, 0.15) is 10.7 Å². The minimum absolute atomic E-state index is 0.0913. The van der Waals surface area contributed by atoms with Crippen LogP contribution in [0.1, 0.15) is 0 Å². The van der Waals surface area contributed by atoms with Crippen molar-refractivity contribution < 1.29 is 8.42 Å². The third-order valence-electron chi connectivity index (χ3n) is 1.49. The van der Waals surface area contributed by atoms with Crippen LogP contribution in [0.5, 0.6) is 0 Å². The fourth-order valence-corrected chi connectivity index (χ4v) is 1.75. The van der Waals surface area contributed by atoms with Gasteiger partial charge in [-0.1, -0.05) is 6.08 Å². The molecule has 0 bridgehead atoms. The number of sulfonamides is 1. The Morgan fingerprint density at radius 1 is 1.57 bits per heavy atom. The minimum Gasteiger partial charge on any atom is -0.384 e. The van der Waals surface area contributed by atoms with E-state index < -0.39 is 10.0 Å². The molecule has 0 amide bonds. The highest BCUT2D eigenvalue weighted by Crippen LogP contribution is 2.07. The lowest BCUT2D eigenvalue weighted by molar-refractivity contribution is 0.585. The van der Waals surface area contributed by atoms with E-state index in [2.05, 4.69) is 16.3 Å². The second kappa shape index (κ2) is 4.21. The molecule has 0 fully saturated rings. The monoisotopic (exact) mass is 213 g/mol. The van der Waals surface area contributed by atoms with Crippen LogP contribution in [0, 0.1) is 0 Å². The summed E-state index contributed by atoms with van der Waals surface area (Å²) in [6, 6.07) is 2.83. The number of nitrogens with one attached hydrogen (secondary N) is 1. The topological polar surface area (TPSA) is 85.1 Å². The predicted octanol–water partition coefficient (Wildman–Crippen LogP) is 0.128. The summed E-state index contributed by atoms with van der Waals surface area (Å²) in [6.07, 6.45) is 2.67. The molecule has 1 aromatic heterocycles. The third kappa shape index (κ3) is 2.54. The van der Waals surface area contributed by atoms with Crippen molar-refractivity contribution in [3.63, 3.8) is 0 Å². The zero-order chi connectivity index (χ0) is 10.6. The van der Waals surface area contributed by atoms with E-state index in [4.69, 9.17) is 5.73 Å². The van der Waals surface area contributed by atoms with Crippen molar-refractivity contribution in [3.05, 3.63) is 31.0 Å². The molecule has 1 heterocycles. The quantitative estimate of drug-likeness (QED) is 0.696. The largest absolute Gasteiger partial charge is 0.384 e. The Bertz CT molecular complexity index is 411. The molecule has 5 nitrogen and oxygen atoms in total. The Balaban J connectivity index is 2.93. The van der Waals surface area contributed by atoms with Gasteiger partial charge in [-0.15, -0.1) is 6.58 Å². The van der Waals surface area contributed by atoms with E-state index in [1.165, 1.54) is 24.4 Å². The molecule has 0 aliphatic heterocycles. The molecule has 0 aliphatic rings. The minimum atomic E-state index is -3.48. The van der Waals surface area contributed by atoms with Crippen molar-refractivity contribution in [3.8, 4) is 0 Å². The van der Waals surface area contributed by atoms with E-state index >= 15 is 0 Å². The molecule has 1 aromatic rings. The third-order valence-corrected chi connectivity index (χ3v) is 2.90. The lowest BCUT2D eigenvalue weighted by Gasteiger charge is -2.03. The zero-order valence-electron chi connectivity index (χ0n) is 7.47. The second-order valence-electron chi connectivity index (χ2n) is 2.56. The number of hydrogen-bond donors (Lipinski definition) is 2. The average Bonchev–Trinajstić information content (AvgIpc) is 2.16. The van der Waals surface area contributed by atoms with Crippen LogP contribution in [0.3, 0.4) is 0 Å². The molecular formula is C8H11N3O2S. The number of nitrogen functional groups attached to an aromatic ring is 1. The van der Waals surface area contributed by atoms with E-state index in [1.54, 1.807) is 0 Å². The Kier molecular flexibility index (Phi) is 3.21. The van der Waals surface area contributed by atoms with Crippen LogP contribution in [0.4, 0.5) is 5.82 Å². The van der Waals surface area contributed by atoms with E-state index in [-0.39, 0.29) is 17.3 Å². The number of nitrogens with zero attached hydrogens (tertiary/aromatic N) is 1. The van der Waals surface area contributed by atoms with E-state index in [0.717, 1.165) is 0 Å². The fourth-order valence-electron chi connectivity index (χ4n) is 0.803. The highest BCUT2D eigenvalue weighted by Gasteiger charge is 2.12. The highest BCUT2D eigenvalue weighted by atomic mass is 32.2. The Morgan fingerprint density at radius 2 is 2.29 bits per heavy atom. The lowest BCUT2D eigenvalue weighted by Crippen LogP contribution is -2.23. The fraction of sp³-hybridized carbons (Fsp3) is 0.125. The first kappa shape index (κ1) is 10.7. The first-order valence-electron chi connectivity index (χ1n) is 3.88. The molecule has 0 radical (unpaired) electrons. The molecule has 0 aliphatic carbocycles. The summed E-state index contributed by atoms with van der Waals surface area (Å²) in [5.41, 5.74) is 5.33. The number of anilines is 1. The molecule has 0 unspecified atom stereocenters. The van der Waals surface area contributed by atoms with Crippen LogP contribution in [0.15, 0.2) is 35.9 Å². The summed E-state index contributed by atoms with van der Waals surface area (Å²) in [5, 5.41) is 0. The Labute approximate surface area is 82.7 Å². The Morgan fingerprint density at radius 3 is 2.79 bits per heavy atom. The summed E-state index contributed by atoms with van der Waals surface area (Å²) in [5.74, 6) is 0.285. The number of rotatable bonds is 4. The van der Waals surface area contributed by atoms with Crippen LogP contribution in [-0.2, 0) is 10.0 Å². The van der Waals surface area contributed by atoms with Crippen LogP contribution in [0.25, 0.3) is 0 Å². The standard InChI is InChI=1S/C8H11N3O2S/c1-2-5-11-14(12,13)7-3-4-8(9)10-6-7/h2-4,6,11H,1,5H2,(H2,9,10). The van der Waals surface area contributed by atoms with Crippen LogP contribution in [0.2, 0.25) is 0 Å². The molecule has 6 heteroatoms. The van der Waals surface area contributed by atoms with Gasteiger partial charge in [0.05, 0.1) is 0 Å². The summed E-state index contributed by atoms with van der Waals surface area (Å²) in [4.78, 5) is 3.78. The number of aromatic nitrogens is 1. The summed E-state index contributed by atoms with van der Waals surface area (Å²) in [7, 11) is -3.48. The van der Waals surface area contributed by atoms with Crippen LogP contribution < -0.4 is 10.5 Å². The van der Waals surface area contributed by atoms with Gasteiger partial charge >= 0.3 is 0 Å². The van der Waals surface area contributed by atoms with Crippen LogP contribution in [-0.4, -0.2) is 19.9 Å². The lowest BCUT2D eigenvalue weighted by atomic mass is 10.5. The highest BCUT2D eigenvalue weighted by molar-refractivity contribution is 7.89. The molecule has 3 N–H and O–H groups in total. The first-order chi connectivity index (χ1) is 6.56. The van der Waals surface area contributed by atoms with Crippen molar-refractivity contribution in [2.45, 2.75) is 4.90 Å². The molecular weight excluding hydrogens is 202 g/mol.